The number of rotatable bonds is 6. The average Bonchev–Trinajstić information content (AvgIpc) is 3.37. The van der Waals surface area contributed by atoms with E-state index in [1.165, 1.54) is 5.69 Å². The lowest BCUT2D eigenvalue weighted by molar-refractivity contribution is -0.138. The highest BCUT2D eigenvalue weighted by Gasteiger charge is 2.42. The Balaban J connectivity index is 1.64. The Bertz CT molecular complexity index is 667. The molecule has 1 aromatic rings. The lowest BCUT2D eigenvalue weighted by atomic mass is 9.85. The first kappa shape index (κ1) is 20.5. The zero-order chi connectivity index (χ0) is 20.0. The van der Waals surface area contributed by atoms with E-state index in [-0.39, 0.29) is 11.3 Å². The molecule has 2 fully saturated rings. The molecule has 28 heavy (non-hydrogen) atoms. The Hall–Kier alpha value is -2.24. The van der Waals surface area contributed by atoms with E-state index in [2.05, 4.69) is 52.8 Å². The molecule has 0 radical (unpaired) electrons. The number of amides is 1. The SMILES string of the molecule is CCNC(=NCC1(C(=O)N(C)C)CCCC1)NC1CCN(c2ccccc2)C1. The number of carbonyl (C=O) groups excluding carboxylic acids is 1. The summed E-state index contributed by atoms with van der Waals surface area (Å²) >= 11 is 0. The second kappa shape index (κ2) is 9.30. The molecular formula is C22H35N5O. The van der Waals surface area contributed by atoms with Crippen molar-refractivity contribution in [1.29, 1.82) is 0 Å². The van der Waals surface area contributed by atoms with E-state index in [9.17, 15) is 4.79 Å². The molecule has 0 spiro atoms. The third-order valence-corrected chi connectivity index (χ3v) is 5.96. The third kappa shape index (κ3) is 4.78. The molecule has 6 nitrogen and oxygen atoms in total. The van der Waals surface area contributed by atoms with E-state index in [1.54, 1.807) is 4.90 Å². The van der Waals surface area contributed by atoms with Crippen LogP contribution < -0.4 is 15.5 Å². The number of aliphatic imine (C=N–C) groups is 1. The lowest BCUT2D eigenvalue weighted by Crippen LogP contribution is -2.46. The molecule has 1 saturated heterocycles. The summed E-state index contributed by atoms with van der Waals surface area (Å²) in [6.07, 6.45) is 5.21. The summed E-state index contributed by atoms with van der Waals surface area (Å²) < 4.78 is 0. The summed E-state index contributed by atoms with van der Waals surface area (Å²) in [6, 6.07) is 10.9. The molecule has 2 aliphatic rings. The second-order valence-electron chi connectivity index (χ2n) is 8.29. The molecule has 1 aromatic carbocycles. The van der Waals surface area contributed by atoms with E-state index in [4.69, 9.17) is 4.99 Å². The summed E-state index contributed by atoms with van der Waals surface area (Å²) in [5.41, 5.74) is 0.952. The van der Waals surface area contributed by atoms with Crippen LogP contribution in [-0.4, -0.2) is 63.1 Å². The molecule has 1 heterocycles. The van der Waals surface area contributed by atoms with Crippen LogP contribution in [0.4, 0.5) is 5.69 Å². The van der Waals surface area contributed by atoms with Crippen LogP contribution in [0.1, 0.15) is 39.0 Å². The maximum Gasteiger partial charge on any atom is 0.230 e. The fourth-order valence-electron chi connectivity index (χ4n) is 4.46. The van der Waals surface area contributed by atoms with Gasteiger partial charge in [0.2, 0.25) is 5.91 Å². The molecule has 1 amide bonds. The number of guanidine groups is 1. The smallest absolute Gasteiger partial charge is 0.230 e. The van der Waals surface area contributed by atoms with E-state index in [1.807, 2.05) is 14.1 Å². The minimum Gasteiger partial charge on any atom is -0.369 e. The highest BCUT2D eigenvalue weighted by molar-refractivity contribution is 5.84. The van der Waals surface area contributed by atoms with E-state index < -0.39 is 0 Å². The van der Waals surface area contributed by atoms with Gasteiger partial charge in [-0.2, -0.15) is 0 Å². The van der Waals surface area contributed by atoms with Crippen molar-refractivity contribution in [3.05, 3.63) is 30.3 Å². The Morgan fingerprint density at radius 3 is 2.61 bits per heavy atom. The minimum absolute atomic E-state index is 0.223. The summed E-state index contributed by atoms with van der Waals surface area (Å²) in [7, 11) is 3.71. The zero-order valence-corrected chi connectivity index (χ0v) is 17.6. The Morgan fingerprint density at radius 2 is 1.96 bits per heavy atom. The van der Waals surface area contributed by atoms with Gasteiger partial charge in [-0.25, -0.2) is 0 Å². The van der Waals surface area contributed by atoms with Crippen LogP contribution in [0.2, 0.25) is 0 Å². The van der Waals surface area contributed by atoms with Crippen molar-refractivity contribution < 1.29 is 4.79 Å². The van der Waals surface area contributed by atoms with Crippen molar-refractivity contribution in [2.75, 3.05) is 45.2 Å². The monoisotopic (exact) mass is 385 g/mol. The molecular weight excluding hydrogens is 350 g/mol. The molecule has 1 unspecified atom stereocenters. The third-order valence-electron chi connectivity index (χ3n) is 5.96. The maximum atomic E-state index is 12.8. The first-order chi connectivity index (χ1) is 13.5. The predicted octanol–water partition coefficient (Wildman–Crippen LogP) is 2.47. The van der Waals surface area contributed by atoms with Crippen molar-refractivity contribution in [1.82, 2.24) is 15.5 Å². The zero-order valence-electron chi connectivity index (χ0n) is 17.6. The van der Waals surface area contributed by atoms with Crippen LogP contribution in [0.5, 0.6) is 0 Å². The predicted molar refractivity (Wildman–Crippen MR) is 116 cm³/mol. The van der Waals surface area contributed by atoms with E-state index >= 15 is 0 Å². The van der Waals surface area contributed by atoms with Gasteiger partial charge in [-0.15, -0.1) is 0 Å². The molecule has 2 N–H and O–H groups in total. The number of carbonyl (C=O) groups is 1. The van der Waals surface area contributed by atoms with Gasteiger partial charge in [0.15, 0.2) is 5.96 Å². The lowest BCUT2D eigenvalue weighted by Gasteiger charge is -2.29. The topological polar surface area (TPSA) is 60.0 Å². The molecule has 0 aromatic heterocycles. The van der Waals surface area contributed by atoms with Crippen LogP contribution in [0.25, 0.3) is 0 Å². The first-order valence-electron chi connectivity index (χ1n) is 10.6. The van der Waals surface area contributed by atoms with Gasteiger partial charge < -0.3 is 20.4 Å². The van der Waals surface area contributed by atoms with Gasteiger partial charge in [-0.3, -0.25) is 9.79 Å². The molecule has 6 heteroatoms. The molecule has 0 bridgehead atoms. The van der Waals surface area contributed by atoms with Crippen molar-refractivity contribution in [2.24, 2.45) is 10.4 Å². The molecule has 1 saturated carbocycles. The number of benzene rings is 1. The Morgan fingerprint density at radius 1 is 1.25 bits per heavy atom. The number of para-hydroxylation sites is 1. The van der Waals surface area contributed by atoms with Gasteiger partial charge in [-0.1, -0.05) is 31.0 Å². The van der Waals surface area contributed by atoms with Gasteiger partial charge in [0.05, 0.1) is 12.0 Å². The number of hydrogen-bond donors (Lipinski definition) is 2. The van der Waals surface area contributed by atoms with Crippen LogP contribution in [0.15, 0.2) is 35.3 Å². The van der Waals surface area contributed by atoms with Crippen LogP contribution in [-0.2, 0) is 4.79 Å². The Labute approximate surface area is 169 Å². The summed E-state index contributed by atoms with van der Waals surface area (Å²) in [5, 5.41) is 6.97. The largest absolute Gasteiger partial charge is 0.369 e. The van der Waals surface area contributed by atoms with Crippen molar-refractivity contribution in [2.45, 2.75) is 45.1 Å². The average molecular weight is 386 g/mol. The van der Waals surface area contributed by atoms with Gasteiger partial charge >= 0.3 is 0 Å². The highest BCUT2D eigenvalue weighted by atomic mass is 16.2. The van der Waals surface area contributed by atoms with Crippen molar-refractivity contribution in [3.63, 3.8) is 0 Å². The molecule has 1 aliphatic heterocycles. The van der Waals surface area contributed by atoms with E-state index in [0.29, 0.717) is 12.6 Å². The van der Waals surface area contributed by atoms with Gasteiger partial charge in [0.25, 0.3) is 0 Å². The standard InChI is InChI=1S/C22H35N5O/c1-4-23-21(24-17-22(13-8-9-14-22)20(28)26(2)3)25-18-12-15-27(16-18)19-10-6-5-7-11-19/h5-7,10-11,18H,4,8-9,12-17H2,1-3H3,(H2,23,24,25). The summed E-state index contributed by atoms with van der Waals surface area (Å²) in [4.78, 5) is 21.8. The number of hydrogen-bond acceptors (Lipinski definition) is 3. The van der Waals surface area contributed by atoms with Gasteiger partial charge in [0.1, 0.15) is 0 Å². The Kier molecular flexibility index (Phi) is 6.81. The molecule has 154 valence electrons. The summed E-state index contributed by atoms with van der Waals surface area (Å²) in [6.45, 7) is 5.48. The molecule has 1 aliphatic carbocycles. The maximum absolute atomic E-state index is 12.8. The van der Waals surface area contributed by atoms with Crippen molar-refractivity contribution in [3.8, 4) is 0 Å². The molecule has 1 atom stereocenters. The van der Waals surface area contributed by atoms with Gasteiger partial charge in [0, 0.05) is 45.5 Å². The number of nitrogens with zero attached hydrogens (tertiary/aromatic N) is 3. The normalized spacial score (nSPS) is 21.6. The quantitative estimate of drug-likeness (QED) is 0.583. The number of nitrogens with one attached hydrogen (secondary N) is 2. The van der Waals surface area contributed by atoms with E-state index in [0.717, 1.165) is 57.7 Å². The second-order valence-corrected chi connectivity index (χ2v) is 8.29. The first-order valence-corrected chi connectivity index (χ1v) is 10.6. The fraction of sp³-hybridized carbons (Fsp3) is 0.636. The summed E-state index contributed by atoms with van der Waals surface area (Å²) in [5.74, 6) is 1.06. The van der Waals surface area contributed by atoms with Crippen LogP contribution in [0, 0.1) is 5.41 Å². The highest BCUT2D eigenvalue weighted by Crippen LogP contribution is 2.39. The van der Waals surface area contributed by atoms with Crippen LogP contribution >= 0.6 is 0 Å². The van der Waals surface area contributed by atoms with Crippen LogP contribution in [0.3, 0.4) is 0 Å². The van der Waals surface area contributed by atoms with Crippen molar-refractivity contribution >= 4 is 17.6 Å². The number of anilines is 1. The minimum atomic E-state index is -0.322. The fourth-order valence-corrected chi connectivity index (χ4v) is 4.46. The van der Waals surface area contributed by atoms with Gasteiger partial charge in [-0.05, 0) is 38.3 Å². The molecule has 3 rings (SSSR count).